The third kappa shape index (κ3) is 4.31. The van der Waals surface area contributed by atoms with Crippen LogP contribution in [0.5, 0.6) is 5.75 Å². The van der Waals surface area contributed by atoms with Gasteiger partial charge in [-0.3, -0.25) is 0 Å². The first-order valence-electron chi connectivity index (χ1n) is 8.42. The molecule has 1 atom stereocenters. The van der Waals surface area contributed by atoms with Gasteiger partial charge in [-0.15, -0.1) is 6.58 Å². The number of hydrogen-bond acceptors (Lipinski definition) is 3. The first-order chi connectivity index (χ1) is 12.9. The molecular weight excluding hydrogens is 357 g/mol. The second-order valence-electron chi connectivity index (χ2n) is 6.10. The molecule has 0 saturated heterocycles. The number of halogens is 3. The number of nitrogens with zero attached hydrogens (tertiary/aromatic N) is 2. The minimum Gasteiger partial charge on any atom is -0.491 e. The number of para-hydroxylation sites is 3. The Labute approximate surface area is 154 Å². The summed E-state index contributed by atoms with van der Waals surface area (Å²) in [6.45, 7) is 3.26. The van der Waals surface area contributed by atoms with E-state index < -0.39 is 18.1 Å². The first-order valence-corrected chi connectivity index (χ1v) is 8.42. The standard InChI is InChI=1S/C20H19F3N2O2/c1-2-7-14-8-3-6-11-18(14)27-13-15(26)12-25-17-10-5-4-9-16(17)24-19(25)20(21,22)23/h2-6,8-11,15,26H,1,7,12-13H2/t15-/m1/s1. The lowest BCUT2D eigenvalue weighted by Crippen LogP contribution is -2.26. The molecule has 27 heavy (non-hydrogen) atoms. The lowest BCUT2D eigenvalue weighted by atomic mass is 10.1. The number of aromatic nitrogens is 2. The molecule has 0 spiro atoms. The van der Waals surface area contributed by atoms with Crippen molar-refractivity contribution in [2.45, 2.75) is 25.2 Å². The van der Waals surface area contributed by atoms with Gasteiger partial charge in [-0.1, -0.05) is 36.4 Å². The van der Waals surface area contributed by atoms with E-state index in [-0.39, 0.29) is 18.7 Å². The Bertz CT molecular complexity index is 934. The van der Waals surface area contributed by atoms with Gasteiger partial charge in [0.2, 0.25) is 5.82 Å². The van der Waals surface area contributed by atoms with Crippen molar-refractivity contribution in [3.63, 3.8) is 0 Å². The van der Waals surface area contributed by atoms with E-state index in [1.165, 1.54) is 6.07 Å². The van der Waals surface area contributed by atoms with Crippen LogP contribution in [0.4, 0.5) is 13.2 Å². The molecule has 3 aromatic rings. The Morgan fingerprint density at radius 1 is 1.15 bits per heavy atom. The Kier molecular flexibility index (Phi) is 5.51. The molecule has 2 aromatic carbocycles. The van der Waals surface area contributed by atoms with E-state index >= 15 is 0 Å². The van der Waals surface area contributed by atoms with Crippen molar-refractivity contribution >= 4 is 11.0 Å². The monoisotopic (exact) mass is 376 g/mol. The summed E-state index contributed by atoms with van der Waals surface area (Å²) in [5.41, 5.74) is 1.44. The summed E-state index contributed by atoms with van der Waals surface area (Å²) in [6, 6.07) is 13.6. The minimum atomic E-state index is -4.61. The molecule has 1 N–H and O–H groups in total. The quantitative estimate of drug-likeness (QED) is 0.628. The fraction of sp³-hybridized carbons (Fsp3) is 0.250. The number of benzene rings is 2. The molecule has 0 aliphatic heterocycles. The summed E-state index contributed by atoms with van der Waals surface area (Å²) < 4.78 is 46.6. The van der Waals surface area contributed by atoms with Gasteiger partial charge in [-0.25, -0.2) is 4.98 Å². The Morgan fingerprint density at radius 3 is 2.59 bits per heavy atom. The van der Waals surface area contributed by atoms with Crippen molar-refractivity contribution in [1.82, 2.24) is 9.55 Å². The summed E-state index contributed by atoms with van der Waals surface area (Å²) in [7, 11) is 0. The van der Waals surface area contributed by atoms with Crippen LogP contribution in [-0.4, -0.2) is 27.4 Å². The van der Waals surface area contributed by atoms with Gasteiger partial charge in [0.1, 0.15) is 18.5 Å². The molecule has 0 fully saturated rings. The normalized spacial score (nSPS) is 12.9. The summed E-state index contributed by atoms with van der Waals surface area (Å²) in [5, 5.41) is 10.3. The number of aliphatic hydroxyl groups is 1. The average molecular weight is 376 g/mol. The van der Waals surface area contributed by atoms with Gasteiger partial charge in [-0.2, -0.15) is 13.2 Å². The van der Waals surface area contributed by atoms with Crippen LogP contribution < -0.4 is 4.74 Å². The number of allylic oxidation sites excluding steroid dienone is 1. The highest BCUT2D eigenvalue weighted by Gasteiger charge is 2.37. The Morgan fingerprint density at radius 2 is 1.85 bits per heavy atom. The maximum absolute atomic E-state index is 13.3. The predicted molar refractivity (Wildman–Crippen MR) is 96.6 cm³/mol. The fourth-order valence-corrected chi connectivity index (χ4v) is 2.89. The molecule has 0 aliphatic rings. The average Bonchev–Trinajstić information content (AvgIpc) is 3.00. The third-order valence-electron chi connectivity index (χ3n) is 4.07. The second-order valence-corrected chi connectivity index (χ2v) is 6.10. The molecule has 0 unspecified atom stereocenters. The van der Waals surface area contributed by atoms with Crippen LogP contribution in [-0.2, 0) is 19.1 Å². The van der Waals surface area contributed by atoms with Gasteiger partial charge >= 0.3 is 6.18 Å². The molecule has 0 saturated carbocycles. The van der Waals surface area contributed by atoms with Gasteiger partial charge in [0, 0.05) is 0 Å². The van der Waals surface area contributed by atoms with Crippen LogP contribution in [0.15, 0.2) is 61.2 Å². The fourth-order valence-electron chi connectivity index (χ4n) is 2.89. The van der Waals surface area contributed by atoms with Crippen molar-refractivity contribution < 1.29 is 23.0 Å². The lowest BCUT2D eigenvalue weighted by molar-refractivity contribution is -0.147. The van der Waals surface area contributed by atoms with Gasteiger partial charge in [0.25, 0.3) is 0 Å². The molecular formula is C20H19F3N2O2. The van der Waals surface area contributed by atoms with Crippen LogP contribution in [0.25, 0.3) is 11.0 Å². The molecule has 1 heterocycles. The maximum atomic E-state index is 13.3. The molecule has 7 heteroatoms. The van der Waals surface area contributed by atoms with Gasteiger partial charge in [0.15, 0.2) is 0 Å². The first kappa shape index (κ1) is 19.0. The second kappa shape index (κ2) is 7.84. The summed E-state index contributed by atoms with van der Waals surface area (Å²) >= 11 is 0. The highest BCUT2D eigenvalue weighted by atomic mass is 19.4. The molecule has 0 amide bonds. The van der Waals surface area contributed by atoms with E-state index in [4.69, 9.17) is 4.74 Å². The van der Waals surface area contributed by atoms with Crippen molar-refractivity contribution in [2.75, 3.05) is 6.61 Å². The van der Waals surface area contributed by atoms with E-state index in [9.17, 15) is 18.3 Å². The van der Waals surface area contributed by atoms with E-state index in [1.54, 1.807) is 36.4 Å². The topological polar surface area (TPSA) is 47.3 Å². The van der Waals surface area contributed by atoms with Crippen molar-refractivity contribution in [2.24, 2.45) is 0 Å². The SMILES string of the molecule is C=CCc1ccccc1OC[C@H](O)Cn1c(C(F)(F)F)nc2ccccc21. The van der Waals surface area contributed by atoms with Crippen LogP contribution in [0, 0.1) is 0 Å². The Hall–Kier alpha value is -2.80. The molecule has 0 bridgehead atoms. The highest BCUT2D eigenvalue weighted by molar-refractivity contribution is 5.76. The lowest BCUT2D eigenvalue weighted by Gasteiger charge is -2.17. The molecule has 3 rings (SSSR count). The van der Waals surface area contributed by atoms with Gasteiger partial charge < -0.3 is 14.4 Å². The maximum Gasteiger partial charge on any atom is 0.449 e. The van der Waals surface area contributed by atoms with Crippen LogP contribution in [0.2, 0.25) is 0 Å². The number of ether oxygens (including phenoxy) is 1. The number of aliphatic hydroxyl groups excluding tert-OH is 1. The molecule has 0 radical (unpaired) electrons. The zero-order chi connectivity index (χ0) is 19.4. The minimum absolute atomic E-state index is 0.141. The van der Waals surface area contributed by atoms with Crippen LogP contribution in [0.1, 0.15) is 11.4 Å². The predicted octanol–water partition coefficient (Wildman–Crippen LogP) is 4.22. The number of imidazole rings is 1. The summed E-state index contributed by atoms with van der Waals surface area (Å²) in [4.78, 5) is 3.67. The van der Waals surface area contributed by atoms with Crippen molar-refractivity contribution in [3.8, 4) is 5.75 Å². The third-order valence-corrected chi connectivity index (χ3v) is 4.07. The van der Waals surface area contributed by atoms with Crippen LogP contribution in [0.3, 0.4) is 0 Å². The summed E-state index contributed by atoms with van der Waals surface area (Å²) in [5.74, 6) is -0.460. The number of alkyl halides is 3. The van der Waals surface area contributed by atoms with E-state index in [0.29, 0.717) is 17.7 Å². The largest absolute Gasteiger partial charge is 0.491 e. The van der Waals surface area contributed by atoms with E-state index in [1.807, 2.05) is 12.1 Å². The zero-order valence-electron chi connectivity index (χ0n) is 14.5. The van der Waals surface area contributed by atoms with Crippen molar-refractivity contribution in [1.29, 1.82) is 0 Å². The Balaban J connectivity index is 1.78. The molecule has 0 aliphatic carbocycles. The van der Waals surface area contributed by atoms with Crippen molar-refractivity contribution in [3.05, 3.63) is 72.6 Å². The number of rotatable bonds is 7. The number of fused-ring (bicyclic) bond motifs is 1. The summed E-state index contributed by atoms with van der Waals surface area (Å²) in [6.07, 6.45) is -3.43. The molecule has 1 aromatic heterocycles. The zero-order valence-corrected chi connectivity index (χ0v) is 14.5. The van der Waals surface area contributed by atoms with E-state index in [0.717, 1.165) is 10.1 Å². The smallest absolute Gasteiger partial charge is 0.449 e. The molecule has 4 nitrogen and oxygen atoms in total. The molecule has 142 valence electrons. The van der Waals surface area contributed by atoms with E-state index in [2.05, 4.69) is 11.6 Å². The van der Waals surface area contributed by atoms with Crippen LogP contribution >= 0.6 is 0 Å². The number of hydrogen-bond donors (Lipinski definition) is 1. The highest BCUT2D eigenvalue weighted by Crippen LogP contribution is 2.31. The van der Waals surface area contributed by atoms with Gasteiger partial charge in [-0.05, 0) is 30.2 Å². The van der Waals surface area contributed by atoms with Gasteiger partial charge in [0.05, 0.1) is 17.6 Å².